The third-order valence-electron chi connectivity index (χ3n) is 3.15. The molecule has 1 radical (unpaired) electrons. The number of ether oxygens (including phenoxy) is 1. The van der Waals surface area contributed by atoms with E-state index in [1.165, 1.54) is 11.1 Å². The number of morpholine rings is 1. The number of anilines is 1. The van der Waals surface area contributed by atoms with Gasteiger partial charge in [-0.1, -0.05) is 30.3 Å². The third kappa shape index (κ3) is 2.22. The van der Waals surface area contributed by atoms with Crippen molar-refractivity contribution in [3.63, 3.8) is 0 Å². The molecule has 3 heteroatoms. The Morgan fingerprint density at radius 2 is 1.83 bits per heavy atom. The molecule has 0 aliphatic carbocycles. The van der Waals surface area contributed by atoms with Crippen LogP contribution in [0.4, 0.5) is 5.69 Å². The van der Waals surface area contributed by atoms with Crippen LogP contribution in [0.2, 0.25) is 0 Å². The molecule has 1 saturated heterocycles. The molecule has 0 bridgehead atoms. The second-order valence-corrected chi connectivity index (χ2v) is 4.28. The maximum atomic E-state index is 5.39. The maximum Gasteiger partial charge on any atom is 0.115 e. The first-order valence-corrected chi connectivity index (χ1v) is 6.20. The molecule has 18 heavy (non-hydrogen) atoms. The van der Waals surface area contributed by atoms with Gasteiger partial charge in [0.25, 0.3) is 0 Å². The van der Waals surface area contributed by atoms with E-state index in [9.17, 15) is 0 Å². The zero-order valence-electron chi connectivity index (χ0n) is 10.2. The van der Waals surface area contributed by atoms with Gasteiger partial charge in [-0.05, 0) is 11.6 Å². The molecule has 2 aromatic rings. The minimum atomic E-state index is 0.775. The highest BCUT2D eigenvalue weighted by molar-refractivity contribution is 5.77. The molecular formula is C15H15N2O. The van der Waals surface area contributed by atoms with Gasteiger partial charge in [0.1, 0.15) is 6.20 Å². The molecule has 3 rings (SSSR count). The lowest BCUT2D eigenvalue weighted by Gasteiger charge is -2.29. The van der Waals surface area contributed by atoms with Crippen LogP contribution in [0.1, 0.15) is 0 Å². The van der Waals surface area contributed by atoms with Crippen LogP contribution in [0.5, 0.6) is 0 Å². The molecule has 91 valence electrons. The molecular weight excluding hydrogens is 224 g/mol. The summed E-state index contributed by atoms with van der Waals surface area (Å²) >= 11 is 0. The minimum absolute atomic E-state index is 0.775. The van der Waals surface area contributed by atoms with E-state index in [0.29, 0.717) is 0 Å². The molecule has 3 nitrogen and oxygen atoms in total. The highest BCUT2D eigenvalue weighted by Gasteiger charge is 2.15. The summed E-state index contributed by atoms with van der Waals surface area (Å²) in [5.41, 5.74) is 3.47. The van der Waals surface area contributed by atoms with Crippen molar-refractivity contribution < 1.29 is 4.74 Å². The van der Waals surface area contributed by atoms with Gasteiger partial charge in [0, 0.05) is 24.8 Å². The summed E-state index contributed by atoms with van der Waals surface area (Å²) in [6.07, 6.45) is 4.92. The molecule has 1 aromatic carbocycles. The summed E-state index contributed by atoms with van der Waals surface area (Å²) in [4.78, 5) is 6.43. The third-order valence-corrected chi connectivity index (χ3v) is 3.15. The summed E-state index contributed by atoms with van der Waals surface area (Å²) in [6, 6.07) is 12.4. The van der Waals surface area contributed by atoms with Gasteiger partial charge in [0.15, 0.2) is 0 Å². The van der Waals surface area contributed by atoms with Gasteiger partial charge in [-0.2, -0.15) is 0 Å². The normalized spacial score (nSPS) is 15.7. The Hall–Kier alpha value is -1.87. The van der Waals surface area contributed by atoms with E-state index in [1.54, 1.807) is 6.20 Å². The summed E-state index contributed by atoms with van der Waals surface area (Å²) in [6.45, 7) is 3.36. The fourth-order valence-electron chi connectivity index (χ4n) is 2.23. The second kappa shape index (κ2) is 5.19. The van der Waals surface area contributed by atoms with E-state index in [-0.39, 0.29) is 0 Å². The molecule has 1 fully saturated rings. The number of rotatable bonds is 2. The second-order valence-electron chi connectivity index (χ2n) is 4.28. The summed E-state index contributed by atoms with van der Waals surface area (Å²) in [5, 5.41) is 0. The van der Waals surface area contributed by atoms with Gasteiger partial charge in [-0.15, -0.1) is 0 Å². The lowest BCUT2D eigenvalue weighted by molar-refractivity contribution is 0.122. The van der Waals surface area contributed by atoms with Crippen molar-refractivity contribution in [2.24, 2.45) is 0 Å². The molecule has 0 unspecified atom stereocenters. The predicted molar refractivity (Wildman–Crippen MR) is 71.5 cm³/mol. The number of hydrogen-bond acceptors (Lipinski definition) is 3. The van der Waals surface area contributed by atoms with Crippen molar-refractivity contribution in [2.75, 3.05) is 31.2 Å². The van der Waals surface area contributed by atoms with Crippen LogP contribution in [-0.2, 0) is 4.74 Å². The molecule has 0 amide bonds. The van der Waals surface area contributed by atoms with Crippen LogP contribution >= 0.6 is 0 Å². The van der Waals surface area contributed by atoms with Crippen LogP contribution in [0.25, 0.3) is 11.1 Å². The zero-order chi connectivity index (χ0) is 12.2. The molecule has 0 N–H and O–H groups in total. The molecule has 1 aliphatic heterocycles. The Morgan fingerprint density at radius 1 is 1.06 bits per heavy atom. The van der Waals surface area contributed by atoms with E-state index in [1.807, 2.05) is 6.07 Å². The SMILES string of the molecule is [c]1nccc(-c2ccccc2)c1N1CCOCC1. The fourth-order valence-corrected chi connectivity index (χ4v) is 2.23. The highest BCUT2D eigenvalue weighted by Crippen LogP contribution is 2.29. The van der Waals surface area contributed by atoms with E-state index in [0.717, 1.165) is 32.0 Å². The summed E-state index contributed by atoms with van der Waals surface area (Å²) < 4.78 is 5.39. The van der Waals surface area contributed by atoms with Gasteiger partial charge in [0.2, 0.25) is 0 Å². The van der Waals surface area contributed by atoms with Crippen molar-refractivity contribution in [3.8, 4) is 11.1 Å². The number of pyridine rings is 1. The summed E-state index contributed by atoms with van der Waals surface area (Å²) in [7, 11) is 0. The minimum Gasteiger partial charge on any atom is -0.378 e. The number of aromatic nitrogens is 1. The molecule has 0 atom stereocenters. The first-order valence-electron chi connectivity index (χ1n) is 6.20. The van der Waals surface area contributed by atoms with Crippen molar-refractivity contribution in [3.05, 3.63) is 48.8 Å². The Morgan fingerprint density at radius 3 is 2.61 bits per heavy atom. The Labute approximate surface area is 107 Å². The highest BCUT2D eigenvalue weighted by atomic mass is 16.5. The van der Waals surface area contributed by atoms with Gasteiger partial charge in [0.05, 0.1) is 18.9 Å². The van der Waals surface area contributed by atoms with E-state index in [4.69, 9.17) is 4.74 Å². The van der Waals surface area contributed by atoms with Gasteiger partial charge >= 0.3 is 0 Å². The van der Waals surface area contributed by atoms with Crippen LogP contribution in [0.3, 0.4) is 0 Å². The van der Waals surface area contributed by atoms with Crippen molar-refractivity contribution in [1.82, 2.24) is 4.98 Å². The van der Waals surface area contributed by atoms with Crippen molar-refractivity contribution in [1.29, 1.82) is 0 Å². The smallest absolute Gasteiger partial charge is 0.115 e. The largest absolute Gasteiger partial charge is 0.378 e. The van der Waals surface area contributed by atoms with Gasteiger partial charge in [-0.3, -0.25) is 4.98 Å². The summed E-state index contributed by atoms with van der Waals surface area (Å²) in [5.74, 6) is 0. The van der Waals surface area contributed by atoms with Crippen molar-refractivity contribution in [2.45, 2.75) is 0 Å². The Bertz CT molecular complexity index is 507. The maximum absolute atomic E-state index is 5.39. The average Bonchev–Trinajstić information content (AvgIpc) is 2.49. The lowest BCUT2D eigenvalue weighted by atomic mass is 10.0. The quantitative estimate of drug-likeness (QED) is 0.804. The first kappa shape index (κ1) is 11.2. The molecule has 1 aromatic heterocycles. The average molecular weight is 239 g/mol. The van der Waals surface area contributed by atoms with Crippen LogP contribution < -0.4 is 4.90 Å². The molecule has 2 heterocycles. The van der Waals surface area contributed by atoms with Crippen molar-refractivity contribution >= 4 is 5.69 Å². The number of hydrogen-bond donors (Lipinski definition) is 0. The van der Waals surface area contributed by atoms with Crippen LogP contribution in [-0.4, -0.2) is 31.3 Å². The zero-order valence-corrected chi connectivity index (χ0v) is 10.2. The Kier molecular flexibility index (Phi) is 3.24. The first-order chi connectivity index (χ1) is 8.95. The predicted octanol–water partition coefficient (Wildman–Crippen LogP) is 2.39. The van der Waals surface area contributed by atoms with Gasteiger partial charge in [-0.25, -0.2) is 0 Å². The van der Waals surface area contributed by atoms with E-state index < -0.39 is 0 Å². The fraction of sp³-hybridized carbons (Fsp3) is 0.267. The van der Waals surface area contributed by atoms with E-state index >= 15 is 0 Å². The number of benzene rings is 1. The van der Waals surface area contributed by atoms with E-state index in [2.05, 4.69) is 46.4 Å². The van der Waals surface area contributed by atoms with Crippen LogP contribution in [0.15, 0.2) is 42.6 Å². The lowest BCUT2D eigenvalue weighted by Crippen LogP contribution is -2.36. The topological polar surface area (TPSA) is 25.4 Å². The standard InChI is InChI=1S/C15H15N2O/c1-2-4-13(5-3-1)14-6-7-16-12-15(14)17-8-10-18-11-9-17/h1-7H,8-11H2. The monoisotopic (exact) mass is 239 g/mol. The molecule has 0 saturated carbocycles. The Balaban J connectivity index is 1.99. The molecule has 0 spiro atoms. The van der Waals surface area contributed by atoms with Crippen LogP contribution in [0, 0.1) is 6.20 Å². The number of nitrogens with zero attached hydrogens (tertiary/aromatic N) is 2. The van der Waals surface area contributed by atoms with Gasteiger partial charge < -0.3 is 9.64 Å². The molecule has 1 aliphatic rings.